The van der Waals surface area contributed by atoms with E-state index in [9.17, 15) is 9.59 Å². The zero-order valence-electron chi connectivity index (χ0n) is 15.7. The van der Waals surface area contributed by atoms with Crippen LogP contribution >= 0.6 is 0 Å². The molecule has 0 saturated heterocycles. The maximum atomic E-state index is 12.3. The first-order chi connectivity index (χ1) is 11.7. The highest BCUT2D eigenvalue weighted by atomic mass is 16.4. The van der Waals surface area contributed by atoms with Crippen LogP contribution in [0.15, 0.2) is 0 Å². The molecule has 25 heavy (non-hydrogen) atoms. The fraction of sp³-hybridized carbons (Fsp3) is 0.900. The molecule has 4 N–H and O–H groups in total. The first kappa shape index (κ1) is 18.7. The Labute approximate surface area is 151 Å². The highest BCUT2D eigenvalue weighted by molar-refractivity contribution is 5.78. The minimum atomic E-state index is -0.831. The van der Waals surface area contributed by atoms with Gasteiger partial charge in [0.2, 0.25) is 5.91 Å². The average Bonchev–Trinajstić information content (AvgIpc) is 3.23. The number of hydrogen-bond acceptors (Lipinski definition) is 3. The molecule has 142 valence electrons. The predicted molar refractivity (Wildman–Crippen MR) is 96.8 cm³/mol. The zero-order valence-corrected chi connectivity index (χ0v) is 15.7. The Kier molecular flexibility index (Phi) is 5.42. The topological polar surface area (TPSA) is 92.4 Å². The van der Waals surface area contributed by atoms with Crippen molar-refractivity contribution in [2.24, 2.45) is 34.8 Å². The lowest BCUT2D eigenvalue weighted by Crippen LogP contribution is -2.56. The van der Waals surface area contributed by atoms with Crippen molar-refractivity contribution in [1.29, 1.82) is 0 Å². The molecule has 5 aliphatic carbocycles. The number of rotatable bonds is 5. The van der Waals surface area contributed by atoms with Gasteiger partial charge in [-0.15, -0.1) is 0 Å². The standard InChI is InChI=1S/C17H27NO3.C3H7N/c1-17(2,9-15(20)21)8-14(19)18-16-12-4-10-3-11(6-12)7-13(16)5-10;4-3-1-2-3/h10-13,16H,3-9H2,1-2H3,(H,18,19)(H,20,21);3H,1-2,4H2. The van der Waals surface area contributed by atoms with Gasteiger partial charge in [-0.3, -0.25) is 9.59 Å². The van der Waals surface area contributed by atoms with E-state index in [0.717, 1.165) is 11.8 Å². The molecule has 5 nitrogen and oxygen atoms in total. The van der Waals surface area contributed by atoms with E-state index in [0.29, 0.717) is 30.3 Å². The normalized spacial score (nSPS) is 35.7. The first-order valence-corrected chi connectivity index (χ1v) is 9.98. The number of carbonyl (C=O) groups is 2. The third kappa shape index (κ3) is 5.19. The Morgan fingerprint density at radius 2 is 1.48 bits per heavy atom. The summed E-state index contributed by atoms with van der Waals surface area (Å²) in [5.41, 5.74) is 4.75. The molecular weight excluding hydrogens is 316 g/mol. The molecule has 0 aliphatic heterocycles. The van der Waals surface area contributed by atoms with Crippen LogP contribution in [0.1, 0.15) is 71.6 Å². The van der Waals surface area contributed by atoms with Gasteiger partial charge in [0, 0.05) is 18.5 Å². The Morgan fingerprint density at radius 3 is 1.88 bits per heavy atom. The summed E-state index contributed by atoms with van der Waals surface area (Å²) in [6.45, 7) is 3.72. The van der Waals surface area contributed by atoms with E-state index in [1.165, 1.54) is 44.9 Å². The summed E-state index contributed by atoms with van der Waals surface area (Å²) >= 11 is 0. The third-order valence-corrected chi connectivity index (χ3v) is 6.45. The van der Waals surface area contributed by atoms with Crippen LogP contribution in [0.3, 0.4) is 0 Å². The SMILES string of the molecule is CC(C)(CC(=O)O)CC(=O)NC1C2CC3CC(C2)CC1C3.NC1CC1. The number of hydrogen-bond donors (Lipinski definition) is 3. The number of amides is 1. The minimum Gasteiger partial charge on any atom is -0.481 e. The summed E-state index contributed by atoms with van der Waals surface area (Å²) in [5, 5.41) is 12.2. The second-order valence-corrected chi connectivity index (χ2v) is 9.77. The Morgan fingerprint density at radius 1 is 1.00 bits per heavy atom. The van der Waals surface area contributed by atoms with Crippen LogP contribution in [-0.2, 0) is 9.59 Å². The van der Waals surface area contributed by atoms with E-state index in [1.807, 2.05) is 13.8 Å². The molecule has 5 aliphatic rings. The maximum absolute atomic E-state index is 12.3. The molecule has 4 bridgehead atoms. The number of carboxylic acid groups (broad SMARTS) is 1. The molecule has 0 spiro atoms. The summed E-state index contributed by atoms with van der Waals surface area (Å²) in [7, 11) is 0. The van der Waals surface area contributed by atoms with Crippen molar-refractivity contribution in [3.05, 3.63) is 0 Å². The number of carbonyl (C=O) groups excluding carboxylic acids is 1. The van der Waals surface area contributed by atoms with Gasteiger partial charge < -0.3 is 16.2 Å². The lowest BCUT2D eigenvalue weighted by atomic mass is 9.54. The van der Waals surface area contributed by atoms with Crippen molar-refractivity contribution in [2.45, 2.75) is 83.7 Å². The highest BCUT2D eigenvalue weighted by Crippen LogP contribution is 2.53. The summed E-state index contributed by atoms with van der Waals surface area (Å²) in [5.74, 6) is 2.37. The third-order valence-electron chi connectivity index (χ3n) is 6.45. The molecular formula is C20H34N2O3. The quantitative estimate of drug-likeness (QED) is 0.711. The van der Waals surface area contributed by atoms with Crippen molar-refractivity contribution in [1.82, 2.24) is 5.32 Å². The van der Waals surface area contributed by atoms with Crippen molar-refractivity contribution in [3.8, 4) is 0 Å². The van der Waals surface area contributed by atoms with Gasteiger partial charge in [0.25, 0.3) is 0 Å². The summed E-state index contributed by atoms with van der Waals surface area (Å²) in [6.07, 6.45) is 9.45. The maximum Gasteiger partial charge on any atom is 0.303 e. The van der Waals surface area contributed by atoms with Crippen LogP contribution in [0.4, 0.5) is 0 Å². The van der Waals surface area contributed by atoms with Gasteiger partial charge in [-0.25, -0.2) is 0 Å². The van der Waals surface area contributed by atoms with Gasteiger partial charge in [0.1, 0.15) is 0 Å². The van der Waals surface area contributed by atoms with Crippen molar-refractivity contribution in [3.63, 3.8) is 0 Å². The summed E-state index contributed by atoms with van der Waals surface area (Å²) in [6, 6.07) is 0.936. The Hall–Kier alpha value is -1.10. The van der Waals surface area contributed by atoms with Gasteiger partial charge in [-0.05, 0) is 74.0 Å². The molecule has 5 rings (SSSR count). The Bertz CT molecular complexity index is 485. The lowest BCUT2D eigenvalue weighted by Gasteiger charge is -2.54. The number of nitrogens with one attached hydrogen (secondary N) is 1. The lowest BCUT2D eigenvalue weighted by molar-refractivity contribution is -0.140. The predicted octanol–water partition coefficient (Wildman–Crippen LogP) is 2.93. The number of aliphatic carboxylic acids is 1. The van der Waals surface area contributed by atoms with Gasteiger partial charge in [0.15, 0.2) is 0 Å². The Balaban J connectivity index is 0.000000401. The highest BCUT2D eigenvalue weighted by Gasteiger charge is 2.48. The number of carboxylic acids is 1. The van der Waals surface area contributed by atoms with Crippen molar-refractivity contribution >= 4 is 11.9 Å². The first-order valence-electron chi connectivity index (χ1n) is 9.98. The molecule has 0 heterocycles. The molecule has 0 radical (unpaired) electrons. The minimum absolute atomic E-state index is 0.0405. The van der Waals surface area contributed by atoms with Gasteiger partial charge in [-0.1, -0.05) is 13.8 Å². The molecule has 5 heteroatoms. The largest absolute Gasteiger partial charge is 0.481 e. The van der Waals surface area contributed by atoms with E-state index in [1.54, 1.807) is 0 Å². The van der Waals surface area contributed by atoms with E-state index in [2.05, 4.69) is 5.32 Å². The smallest absolute Gasteiger partial charge is 0.303 e. The monoisotopic (exact) mass is 350 g/mol. The van der Waals surface area contributed by atoms with E-state index in [-0.39, 0.29) is 12.3 Å². The van der Waals surface area contributed by atoms with Crippen molar-refractivity contribution < 1.29 is 14.7 Å². The van der Waals surface area contributed by atoms with Crippen LogP contribution in [0.5, 0.6) is 0 Å². The fourth-order valence-electron chi connectivity index (χ4n) is 5.40. The van der Waals surface area contributed by atoms with Crippen LogP contribution < -0.4 is 11.1 Å². The average molecular weight is 351 g/mol. The number of nitrogens with two attached hydrogens (primary N) is 1. The van der Waals surface area contributed by atoms with Crippen molar-refractivity contribution in [2.75, 3.05) is 0 Å². The second-order valence-electron chi connectivity index (χ2n) is 9.77. The molecule has 5 fully saturated rings. The van der Waals surface area contributed by atoms with Gasteiger partial charge in [0.05, 0.1) is 6.42 Å². The second kappa shape index (κ2) is 7.26. The molecule has 1 amide bonds. The van der Waals surface area contributed by atoms with E-state index in [4.69, 9.17) is 10.8 Å². The molecule has 0 atom stereocenters. The molecule has 0 unspecified atom stereocenters. The summed E-state index contributed by atoms with van der Waals surface area (Å²) < 4.78 is 0. The molecule has 0 aromatic carbocycles. The molecule has 0 aromatic rings. The fourth-order valence-corrected chi connectivity index (χ4v) is 5.40. The van der Waals surface area contributed by atoms with E-state index >= 15 is 0 Å². The van der Waals surface area contributed by atoms with Crippen LogP contribution in [0, 0.1) is 29.1 Å². The summed E-state index contributed by atoms with van der Waals surface area (Å²) in [4.78, 5) is 23.2. The molecule has 5 saturated carbocycles. The van der Waals surface area contributed by atoms with Gasteiger partial charge in [-0.2, -0.15) is 0 Å². The zero-order chi connectivity index (χ0) is 18.2. The van der Waals surface area contributed by atoms with Gasteiger partial charge >= 0.3 is 5.97 Å². The van der Waals surface area contributed by atoms with Crippen LogP contribution in [-0.4, -0.2) is 29.1 Å². The molecule has 0 aromatic heterocycles. The van der Waals surface area contributed by atoms with Crippen LogP contribution in [0.2, 0.25) is 0 Å². The van der Waals surface area contributed by atoms with Crippen LogP contribution in [0.25, 0.3) is 0 Å². The van der Waals surface area contributed by atoms with E-state index < -0.39 is 11.4 Å².